The SMILES string of the molecule is CSc1ssc(=O)c1SC. The number of hydrogen-bond donors (Lipinski definition) is 0. The van der Waals surface area contributed by atoms with Gasteiger partial charge in [0, 0.05) is 0 Å². The van der Waals surface area contributed by atoms with Crippen molar-refractivity contribution in [3.8, 4) is 0 Å². The predicted octanol–water partition coefficient (Wildman–Crippen LogP) is 2.61. The molecule has 1 aromatic heterocycles. The highest BCUT2D eigenvalue weighted by atomic mass is 32.9. The Morgan fingerprint density at radius 2 is 1.90 bits per heavy atom. The summed E-state index contributed by atoms with van der Waals surface area (Å²) in [5.74, 6) is 0. The zero-order valence-corrected chi connectivity index (χ0v) is 8.81. The van der Waals surface area contributed by atoms with E-state index in [1.54, 1.807) is 33.9 Å². The van der Waals surface area contributed by atoms with Crippen LogP contribution in [-0.2, 0) is 0 Å². The van der Waals surface area contributed by atoms with Gasteiger partial charge >= 0.3 is 0 Å². The van der Waals surface area contributed by atoms with Crippen LogP contribution in [0.25, 0.3) is 0 Å². The minimum atomic E-state index is 0.210. The fraction of sp³-hybridized carbons (Fsp3) is 0.400. The van der Waals surface area contributed by atoms with E-state index in [0.29, 0.717) is 0 Å². The van der Waals surface area contributed by atoms with E-state index in [4.69, 9.17) is 0 Å². The van der Waals surface area contributed by atoms with Gasteiger partial charge < -0.3 is 0 Å². The first kappa shape index (κ1) is 8.64. The van der Waals surface area contributed by atoms with Crippen molar-refractivity contribution in [2.24, 2.45) is 0 Å². The molecule has 0 bridgehead atoms. The Balaban J connectivity index is 3.13. The lowest BCUT2D eigenvalue weighted by Gasteiger charge is -1.89. The molecule has 56 valence electrons. The van der Waals surface area contributed by atoms with E-state index in [1.165, 1.54) is 10.3 Å². The lowest BCUT2D eigenvalue weighted by Crippen LogP contribution is -1.90. The van der Waals surface area contributed by atoms with E-state index in [0.717, 1.165) is 9.10 Å². The van der Waals surface area contributed by atoms with Gasteiger partial charge in [-0.3, -0.25) is 4.79 Å². The Morgan fingerprint density at radius 1 is 1.20 bits per heavy atom. The first-order chi connectivity index (χ1) is 4.79. The summed E-state index contributed by atoms with van der Waals surface area (Å²) in [7, 11) is 2.90. The monoisotopic (exact) mass is 210 g/mol. The van der Waals surface area contributed by atoms with Gasteiger partial charge in [0.15, 0.2) is 0 Å². The van der Waals surface area contributed by atoms with E-state index < -0.39 is 0 Å². The van der Waals surface area contributed by atoms with Gasteiger partial charge in [0.25, 0.3) is 4.74 Å². The maximum Gasteiger partial charge on any atom is 0.257 e. The average Bonchev–Trinajstić information content (AvgIpc) is 2.30. The van der Waals surface area contributed by atoms with Gasteiger partial charge in [-0.1, -0.05) is 10.3 Å². The van der Waals surface area contributed by atoms with Crippen LogP contribution in [0.2, 0.25) is 0 Å². The lowest BCUT2D eigenvalue weighted by molar-refractivity contribution is 1.36. The summed E-state index contributed by atoms with van der Waals surface area (Å²) in [6, 6.07) is 0. The first-order valence-corrected chi connectivity index (χ1v) is 7.10. The highest BCUT2D eigenvalue weighted by Gasteiger charge is 2.07. The van der Waals surface area contributed by atoms with Gasteiger partial charge in [0.05, 0.1) is 9.10 Å². The van der Waals surface area contributed by atoms with Crippen molar-refractivity contribution in [3.63, 3.8) is 0 Å². The molecule has 0 amide bonds. The summed E-state index contributed by atoms with van der Waals surface area (Å²) in [6.07, 6.45) is 3.94. The number of rotatable bonds is 2. The van der Waals surface area contributed by atoms with E-state index in [9.17, 15) is 4.79 Å². The van der Waals surface area contributed by atoms with Crippen molar-refractivity contribution in [2.75, 3.05) is 12.5 Å². The molecule has 1 heterocycles. The third-order valence-electron chi connectivity index (χ3n) is 0.953. The van der Waals surface area contributed by atoms with Gasteiger partial charge in [-0.15, -0.1) is 23.5 Å². The van der Waals surface area contributed by atoms with Crippen LogP contribution >= 0.6 is 44.2 Å². The molecule has 0 aliphatic carbocycles. The molecule has 1 rings (SSSR count). The summed E-state index contributed by atoms with van der Waals surface area (Å²) in [4.78, 5) is 11.9. The van der Waals surface area contributed by atoms with Crippen molar-refractivity contribution in [1.29, 1.82) is 0 Å². The Labute approximate surface area is 75.2 Å². The third-order valence-corrected chi connectivity index (χ3v) is 5.78. The molecule has 10 heavy (non-hydrogen) atoms. The molecule has 0 aliphatic rings. The molecule has 0 unspecified atom stereocenters. The maximum atomic E-state index is 11.0. The Morgan fingerprint density at radius 3 is 2.30 bits per heavy atom. The lowest BCUT2D eigenvalue weighted by atomic mass is 10.8. The van der Waals surface area contributed by atoms with E-state index in [1.807, 2.05) is 12.5 Å². The van der Waals surface area contributed by atoms with Crippen molar-refractivity contribution in [1.82, 2.24) is 0 Å². The predicted molar refractivity (Wildman–Crippen MR) is 52.0 cm³/mol. The van der Waals surface area contributed by atoms with Crippen LogP contribution in [0.15, 0.2) is 13.9 Å². The molecular formula is C5H6OS4. The Kier molecular flexibility index (Phi) is 3.29. The molecule has 0 atom stereocenters. The van der Waals surface area contributed by atoms with E-state index in [-0.39, 0.29) is 4.74 Å². The van der Waals surface area contributed by atoms with Gasteiger partial charge in [-0.2, -0.15) is 0 Å². The summed E-state index contributed by atoms with van der Waals surface area (Å²) in [5.41, 5.74) is 0. The normalized spacial score (nSPS) is 10.2. The highest BCUT2D eigenvalue weighted by Crippen LogP contribution is 2.31. The van der Waals surface area contributed by atoms with Crippen LogP contribution in [0.5, 0.6) is 0 Å². The van der Waals surface area contributed by atoms with Gasteiger partial charge in [0.1, 0.15) is 0 Å². The van der Waals surface area contributed by atoms with Crippen molar-refractivity contribution >= 4 is 44.2 Å². The average molecular weight is 210 g/mol. The van der Waals surface area contributed by atoms with Crippen LogP contribution in [0.1, 0.15) is 0 Å². The fourth-order valence-electron chi connectivity index (χ4n) is 0.528. The molecule has 0 aromatic carbocycles. The van der Waals surface area contributed by atoms with Crippen LogP contribution in [0, 0.1) is 0 Å². The molecule has 0 N–H and O–H groups in total. The second-order valence-electron chi connectivity index (χ2n) is 1.48. The summed E-state index contributed by atoms with van der Waals surface area (Å²) >= 11 is 3.19. The van der Waals surface area contributed by atoms with E-state index >= 15 is 0 Å². The molecule has 0 saturated heterocycles. The molecule has 0 saturated carbocycles. The third kappa shape index (κ3) is 1.58. The summed E-state index contributed by atoms with van der Waals surface area (Å²) < 4.78 is 1.37. The second-order valence-corrected chi connectivity index (χ2v) is 5.48. The minimum Gasteiger partial charge on any atom is -0.276 e. The summed E-state index contributed by atoms with van der Waals surface area (Å²) in [5, 5.41) is 0. The van der Waals surface area contributed by atoms with Crippen molar-refractivity contribution in [3.05, 3.63) is 9.54 Å². The molecule has 0 fully saturated rings. The molecule has 0 radical (unpaired) electrons. The van der Waals surface area contributed by atoms with E-state index in [2.05, 4.69) is 0 Å². The second kappa shape index (κ2) is 3.80. The van der Waals surface area contributed by atoms with Gasteiger partial charge in [0.2, 0.25) is 0 Å². The van der Waals surface area contributed by atoms with Crippen LogP contribution in [0.4, 0.5) is 0 Å². The Hall–Kier alpha value is 0.550. The molecule has 0 aliphatic heterocycles. The topological polar surface area (TPSA) is 17.1 Å². The minimum absolute atomic E-state index is 0.210. The molecule has 5 heteroatoms. The Bertz CT molecular complexity index is 261. The molecular weight excluding hydrogens is 204 g/mol. The van der Waals surface area contributed by atoms with Crippen LogP contribution in [0.3, 0.4) is 0 Å². The molecule has 1 nitrogen and oxygen atoms in total. The van der Waals surface area contributed by atoms with Crippen LogP contribution in [-0.4, -0.2) is 12.5 Å². The zero-order valence-electron chi connectivity index (χ0n) is 5.54. The number of thioether (sulfide) groups is 2. The zero-order chi connectivity index (χ0) is 7.56. The number of hydrogen-bond acceptors (Lipinski definition) is 5. The standard InChI is InChI=1S/C5H6OS4/c1-7-3-4(6)9-10-5(3)8-2/h1-2H3. The van der Waals surface area contributed by atoms with Crippen LogP contribution < -0.4 is 4.74 Å². The fourth-order valence-corrected chi connectivity index (χ4v) is 5.48. The molecule has 0 spiro atoms. The molecule has 1 aromatic rings. The van der Waals surface area contributed by atoms with Crippen molar-refractivity contribution < 1.29 is 0 Å². The smallest absolute Gasteiger partial charge is 0.257 e. The van der Waals surface area contributed by atoms with Crippen molar-refractivity contribution in [2.45, 2.75) is 9.10 Å². The maximum absolute atomic E-state index is 11.0. The largest absolute Gasteiger partial charge is 0.276 e. The first-order valence-electron chi connectivity index (χ1n) is 2.50. The van der Waals surface area contributed by atoms with Gasteiger partial charge in [-0.25, -0.2) is 0 Å². The van der Waals surface area contributed by atoms with Gasteiger partial charge in [-0.05, 0) is 22.9 Å². The summed E-state index contributed by atoms with van der Waals surface area (Å²) in [6.45, 7) is 0. The highest BCUT2D eigenvalue weighted by molar-refractivity contribution is 8.04. The quantitative estimate of drug-likeness (QED) is 0.552.